The number of aromatic nitrogens is 1. The Labute approximate surface area is 95.4 Å². The smallest absolute Gasteiger partial charge is 0.212 e. The van der Waals surface area contributed by atoms with Crippen molar-refractivity contribution in [2.24, 2.45) is 0 Å². The molecule has 0 saturated heterocycles. The summed E-state index contributed by atoms with van der Waals surface area (Å²) in [7, 11) is 0. The molecule has 0 aliphatic heterocycles. The van der Waals surface area contributed by atoms with Crippen LogP contribution >= 0.6 is 0 Å². The van der Waals surface area contributed by atoms with E-state index in [1.807, 2.05) is 0 Å². The van der Waals surface area contributed by atoms with Gasteiger partial charge in [-0.15, -0.1) is 0 Å². The first kappa shape index (κ1) is 10.4. The van der Waals surface area contributed by atoms with Crippen molar-refractivity contribution in [3.8, 4) is 0 Å². The lowest BCUT2D eigenvalue weighted by molar-refractivity contribution is -0.667. The van der Waals surface area contributed by atoms with Crippen LogP contribution in [-0.2, 0) is 6.54 Å². The summed E-state index contributed by atoms with van der Waals surface area (Å²) in [6.07, 6.45) is 2.11. The number of halogens is 1. The molecule has 0 radical (unpaired) electrons. The van der Waals surface area contributed by atoms with Crippen LogP contribution in [0.5, 0.6) is 0 Å². The second-order valence-corrected chi connectivity index (χ2v) is 2.85. The summed E-state index contributed by atoms with van der Waals surface area (Å²) in [4.78, 5) is 0. The van der Waals surface area contributed by atoms with Gasteiger partial charge in [0.25, 0.3) is 0 Å². The number of benzene rings is 1. The molecule has 13 heavy (non-hydrogen) atoms. The summed E-state index contributed by atoms with van der Waals surface area (Å²) in [6.45, 7) is 3.19. The highest BCUT2D eigenvalue weighted by atomic mass is 127. The molecule has 2 rings (SSSR count). The molecular formula is C11H12IN. The van der Waals surface area contributed by atoms with Gasteiger partial charge in [0.1, 0.15) is 6.54 Å². The molecule has 0 unspecified atom stereocenters. The fourth-order valence-corrected chi connectivity index (χ4v) is 1.50. The molecule has 0 aliphatic carbocycles. The Kier molecular flexibility index (Phi) is 3.66. The van der Waals surface area contributed by atoms with E-state index < -0.39 is 0 Å². The minimum absolute atomic E-state index is 0. The molecule has 0 aliphatic rings. The number of hydrogen-bond acceptors (Lipinski definition) is 0. The van der Waals surface area contributed by atoms with E-state index >= 15 is 0 Å². The van der Waals surface area contributed by atoms with Gasteiger partial charge in [-0.25, -0.2) is 0 Å². The zero-order chi connectivity index (χ0) is 8.39. The van der Waals surface area contributed by atoms with Crippen LogP contribution in [0.15, 0.2) is 42.6 Å². The zero-order valence-corrected chi connectivity index (χ0v) is 9.73. The molecule has 0 fully saturated rings. The fraction of sp³-hybridized carbons (Fsp3) is 0.182. The van der Waals surface area contributed by atoms with Crippen LogP contribution in [0.1, 0.15) is 6.92 Å². The van der Waals surface area contributed by atoms with E-state index in [-0.39, 0.29) is 24.0 Å². The van der Waals surface area contributed by atoms with Gasteiger partial charge in [0, 0.05) is 17.5 Å². The highest BCUT2D eigenvalue weighted by Gasteiger charge is 2.02. The molecule has 68 valence electrons. The fourth-order valence-electron chi connectivity index (χ4n) is 1.50. The van der Waals surface area contributed by atoms with Crippen LogP contribution in [0.3, 0.4) is 0 Å². The molecular weight excluding hydrogens is 273 g/mol. The second kappa shape index (κ2) is 4.56. The number of pyridine rings is 1. The zero-order valence-electron chi connectivity index (χ0n) is 7.57. The van der Waals surface area contributed by atoms with Crippen molar-refractivity contribution in [3.63, 3.8) is 0 Å². The van der Waals surface area contributed by atoms with Crippen molar-refractivity contribution in [1.82, 2.24) is 0 Å². The maximum atomic E-state index is 2.25. The SMILES string of the molecule is CC[n+]1cccc2ccccc21.[I-]. The summed E-state index contributed by atoms with van der Waals surface area (Å²) in [5.74, 6) is 0. The Morgan fingerprint density at radius 1 is 1.08 bits per heavy atom. The Hall–Kier alpha value is -0.640. The molecule has 1 aromatic carbocycles. The maximum Gasteiger partial charge on any atom is 0.212 e. The van der Waals surface area contributed by atoms with E-state index in [9.17, 15) is 0 Å². The minimum Gasteiger partial charge on any atom is -1.00 e. The molecule has 1 heterocycles. The van der Waals surface area contributed by atoms with Gasteiger partial charge in [-0.2, -0.15) is 4.57 Å². The standard InChI is InChI=1S/C11H12N.HI/c1-2-12-9-5-7-10-6-3-4-8-11(10)12;/h3-9H,2H2,1H3;1H/q+1;/p-1. The molecule has 2 heteroatoms. The Balaban J connectivity index is 0.000000845. The number of rotatable bonds is 1. The van der Waals surface area contributed by atoms with Crippen molar-refractivity contribution in [2.45, 2.75) is 13.5 Å². The van der Waals surface area contributed by atoms with Gasteiger partial charge in [0.2, 0.25) is 5.52 Å². The predicted molar refractivity (Wildman–Crippen MR) is 49.8 cm³/mol. The molecule has 0 saturated carbocycles. The average molecular weight is 285 g/mol. The maximum absolute atomic E-state index is 2.25. The van der Waals surface area contributed by atoms with Gasteiger partial charge < -0.3 is 24.0 Å². The number of nitrogens with zero attached hydrogens (tertiary/aromatic N) is 1. The van der Waals surface area contributed by atoms with Crippen molar-refractivity contribution < 1.29 is 28.5 Å². The predicted octanol–water partition coefficient (Wildman–Crippen LogP) is -0.849. The topological polar surface area (TPSA) is 3.88 Å². The van der Waals surface area contributed by atoms with Crippen LogP contribution in [-0.4, -0.2) is 0 Å². The summed E-state index contributed by atoms with van der Waals surface area (Å²) < 4.78 is 2.25. The lowest BCUT2D eigenvalue weighted by Gasteiger charge is -1.96. The molecule has 2 aromatic rings. The normalized spacial score (nSPS) is 9.62. The first-order valence-electron chi connectivity index (χ1n) is 4.29. The molecule has 1 nitrogen and oxygen atoms in total. The van der Waals surface area contributed by atoms with Crippen LogP contribution in [0, 0.1) is 0 Å². The van der Waals surface area contributed by atoms with Gasteiger partial charge in [-0.3, -0.25) is 0 Å². The second-order valence-electron chi connectivity index (χ2n) is 2.85. The Morgan fingerprint density at radius 2 is 1.77 bits per heavy atom. The number of aryl methyl sites for hydroxylation is 1. The molecule has 0 N–H and O–H groups in total. The summed E-state index contributed by atoms with van der Waals surface area (Å²) in [5, 5.41) is 1.31. The molecule has 0 spiro atoms. The van der Waals surface area contributed by atoms with E-state index in [1.165, 1.54) is 10.9 Å². The monoisotopic (exact) mass is 285 g/mol. The van der Waals surface area contributed by atoms with Crippen molar-refractivity contribution in [3.05, 3.63) is 42.6 Å². The Morgan fingerprint density at radius 3 is 2.54 bits per heavy atom. The minimum atomic E-state index is 0. The number of para-hydroxylation sites is 1. The van der Waals surface area contributed by atoms with Gasteiger partial charge in [0.05, 0.1) is 0 Å². The Bertz CT molecular complexity index is 393. The van der Waals surface area contributed by atoms with Crippen LogP contribution in [0.2, 0.25) is 0 Å². The molecule has 0 atom stereocenters. The third-order valence-corrected chi connectivity index (χ3v) is 2.13. The van der Waals surface area contributed by atoms with E-state index in [1.54, 1.807) is 0 Å². The van der Waals surface area contributed by atoms with Crippen molar-refractivity contribution in [1.29, 1.82) is 0 Å². The van der Waals surface area contributed by atoms with Gasteiger partial charge in [-0.05, 0) is 19.1 Å². The van der Waals surface area contributed by atoms with Gasteiger partial charge >= 0.3 is 0 Å². The van der Waals surface area contributed by atoms with Crippen LogP contribution in [0.25, 0.3) is 10.9 Å². The van der Waals surface area contributed by atoms with Crippen LogP contribution in [0.4, 0.5) is 0 Å². The van der Waals surface area contributed by atoms with Crippen molar-refractivity contribution >= 4 is 10.9 Å². The van der Waals surface area contributed by atoms with E-state index in [4.69, 9.17) is 0 Å². The van der Waals surface area contributed by atoms with Gasteiger partial charge in [-0.1, -0.05) is 12.1 Å². The largest absolute Gasteiger partial charge is 1.00 e. The summed E-state index contributed by atoms with van der Waals surface area (Å²) in [5.41, 5.74) is 1.31. The van der Waals surface area contributed by atoms with E-state index in [2.05, 4.69) is 54.1 Å². The summed E-state index contributed by atoms with van der Waals surface area (Å²) in [6, 6.07) is 12.7. The van der Waals surface area contributed by atoms with Crippen molar-refractivity contribution in [2.75, 3.05) is 0 Å². The van der Waals surface area contributed by atoms with E-state index in [0.717, 1.165) is 6.54 Å². The quantitative estimate of drug-likeness (QED) is 0.475. The molecule has 1 aromatic heterocycles. The lowest BCUT2D eigenvalue weighted by Crippen LogP contribution is -3.00. The third kappa shape index (κ3) is 1.99. The highest BCUT2D eigenvalue weighted by Crippen LogP contribution is 2.07. The van der Waals surface area contributed by atoms with E-state index in [0.29, 0.717) is 0 Å². The molecule has 0 amide bonds. The molecule has 0 bridgehead atoms. The number of fused-ring (bicyclic) bond motifs is 1. The van der Waals surface area contributed by atoms with Crippen LogP contribution < -0.4 is 28.5 Å². The van der Waals surface area contributed by atoms with Gasteiger partial charge in [0.15, 0.2) is 6.20 Å². The highest BCUT2D eigenvalue weighted by molar-refractivity contribution is 5.74. The lowest BCUT2D eigenvalue weighted by atomic mass is 10.2. The average Bonchev–Trinajstić information content (AvgIpc) is 2.17. The summed E-state index contributed by atoms with van der Waals surface area (Å²) >= 11 is 0. The first-order chi connectivity index (χ1) is 5.92. The number of hydrogen-bond donors (Lipinski definition) is 0. The first-order valence-corrected chi connectivity index (χ1v) is 4.29. The third-order valence-electron chi connectivity index (χ3n) is 2.13.